The highest BCUT2D eigenvalue weighted by molar-refractivity contribution is 7.80. The number of hydrogen-bond donors (Lipinski definition) is 3. The van der Waals surface area contributed by atoms with Gasteiger partial charge in [0, 0.05) is 13.1 Å². The predicted octanol–water partition coefficient (Wildman–Crippen LogP) is 4.65. The van der Waals surface area contributed by atoms with Crippen molar-refractivity contribution in [3.63, 3.8) is 0 Å². The first-order valence-electron chi connectivity index (χ1n) is 10.5. The molecule has 1 aromatic rings. The van der Waals surface area contributed by atoms with E-state index >= 15 is 0 Å². The van der Waals surface area contributed by atoms with E-state index in [1.54, 1.807) is 0 Å². The Morgan fingerprint density at radius 1 is 0.867 bits per heavy atom. The normalized spacial score (nSPS) is 10.8. The molecule has 2 amide bonds. The summed E-state index contributed by atoms with van der Waals surface area (Å²) in [4.78, 5) is 23.2. The maximum Gasteiger partial charge on any atom is 0.413 e. The molecule has 0 heterocycles. The minimum Gasteiger partial charge on any atom is -0.444 e. The third-order valence-corrected chi connectivity index (χ3v) is 4.23. The van der Waals surface area contributed by atoms with Crippen LogP contribution in [0.5, 0.6) is 0 Å². The first-order chi connectivity index (χ1) is 14.3. The van der Waals surface area contributed by atoms with Crippen LogP contribution in [0.4, 0.5) is 9.59 Å². The van der Waals surface area contributed by atoms with Crippen LogP contribution >= 0.6 is 12.2 Å². The summed E-state index contributed by atoms with van der Waals surface area (Å²) < 4.78 is 10.3. The molecule has 0 saturated heterocycles. The van der Waals surface area contributed by atoms with E-state index in [4.69, 9.17) is 21.7 Å². The second kappa shape index (κ2) is 14.6. The van der Waals surface area contributed by atoms with E-state index in [-0.39, 0.29) is 17.8 Å². The second-order valence-electron chi connectivity index (χ2n) is 7.99. The van der Waals surface area contributed by atoms with Crippen molar-refractivity contribution in [1.82, 2.24) is 16.0 Å². The molecule has 1 rings (SSSR count). The predicted molar refractivity (Wildman–Crippen MR) is 122 cm³/mol. The molecule has 0 atom stereocenters. The molecule has 0 unspecified atom stereocenters. The molecule has 0 aromatic heterocycles. The monoisotopic (exact) mass is 437 g/mol. The van der Waals surface area contributed by atoms with Gasteiger partial charge in [-0.15, -0.1) is 0 Å². The lowest BCUT2D eigenvalue weighted by atomic mass is 10.1. The van der Waals surface area contributed by atoms with Gasteiger partial charge in [0.1, 0.15) is 12.2 Å². The van der Waals surface area contributed by atoms with Crippen molar-refractivity contribution in [3.05, 3.63) is 35.9 Å². The lowest BCUT2D eigenvalue weighted by molar-refractivity contribution is 0.0527. The molecule has 0 aliphatic rings. The number of alkyl carbamates (subject to hydrolysis) is 2. The van der Waals surface area contributed by atoms with Gasteiger partial charge in [-0.2, -0.15) is 0 Å². The topological polar surface area (TPSA) is 88.7 Å². The van der Waals surface area contributed by atoms with Gasteiger partial charge >= 0.3 is 12.2 Å². The van der Waals surface area contributed by atoms with E-state index in [0.717, 1.165) is 44.1 Å². The van der Waals surface area contributed by atoms with E-state index in [2.05, 4.69) is 16.0 Å². The van der Waals surface area contributed by atoms with Crippen molar-refractivity contribution < 1.29 is 19.1 Å². The molecule has 8 heteroatoms. The summed E-state index contributed by atoms with van der Waals surface area (Å²) in [6.45, 7) is 7.10. The number of benzene rings is 1. The zero-order valence-electron chi connectivity index (χ0n) is 18.3. The second-order valence-corrected chi connectivity index (χ2v) is 8.40. The molecule has 0 aliphatic heterocycles. The van der Waals surface area contributed by atoms with Gasteiger partial charge in [-0.05, 0) is 51.4 Å². The zero-order valence-corrected chi connectivity index (χ0v) is 19.1. The van der Waals surface area contributed by atoms with Crippen LogP contribution in [0.25, 0.3) is 0 Å². The van der Waals surface area contributed by atoms with Crippen molar-refractivity contribution in [1.29, 1.82) is 0 Å². The molecule has 0 fully saturated rings. The van der Waals surface area contributed by atoms with Gasteiger partial charge in [0.25, 0.3) is 0 Å². The summed E-state index contributed by atoms with van der Waals surface area (Å²) >= 11 is 5.10. The third kappa shape index (κ3) is 14.6. The average molecular weight is 438 g/mol. The van der Waals surface area contributed by atoms with E-state index < -0.39 is 11.7 Å². The van der Waals surface area contributed by atoms with Gasteiger partial charge in [0.15, 0.2) is 5.11 Å². The zero-order chi connectivity index (χ0) is 22.2. The van der Waals surface area contributed by atoms with Gasteiger partial charge in [0.2, 0.25) is 0 Å². The van der Waals surface area contributed by atoms with Crippen molar-refractivity contribution in [3.8, 4) is 0 Å². The first-order valence-corrected chi connectivity index (χ1v) is 10.9. The fourth-order valence-corrected chi connectivity index (χ4v) is 2.75. The van der Waals surface area contributed by atoms with Crippen LogP contribution in [0.2, 0.25) is 0 Å². The molecule has 0 bridgehead atoms. The Morgan fingerprint density at radius 3 is 2.03 bits per heavy atom. The number of carbonyl (C=O) groups excluding carboxylic acids is 2. The molecule has 30 heavy (non-hydrogen) atoms. The number of nitrogens with one attached hydrogen (secondary N) is 3. The molecule has 0 saturated carbocycles. The van der Waals surface area contributed by atoms with Crippen LogP contribution in [0, 0.1) is 0 Å². The standard InChI is InChI=1S/C22H35N3O4S/c1-22(2,3)29-20(26)24-16-12-7-5-4-6-11-15-23-19(30)25-21(27)28-17-18-13-9-8-10-14-18/h8-10,13-14H,4-7,11-12,15-17H2,1-3H3,(H,24,26)(H2,23,25,27,30). The largest absolute Gasteiger partial charge is 0.444 e. The van der Waals surface area contributed by atoms with Crippen LogP contribution in [-0.2, 0) is 16.1 Å². The smallest absolute Gasteiger partial charge is 0.413 e. The Hall–Kier alpha value is -2.35. The summed E-state index contributed by atoms with van der Waals surface area (Å²) in [5, 5.41) is 8.57. The molecule has 0 aliphatic carbocycles. The minimum atomic E-state index is -0.559. The number of ether oxygens (including phenoxy) is 2. The van der Waals surface area contributed by atoms with Crippen LogP contribution in [0.3, 0.4) is 0 Å². The maximum atomic E-state index is 11.7. The fraction of sp³-hybridized carbons (Fsp3) is 0.591. The molecule has 0 radical (unpaired) electrons. The summed E-state index contributed by atoms with van der Waals surface area (Å²) in [5.41, 5.74) is 0.463. The highest BCUT2D eigenvalue weighted by Gasteiger charge is 2.15. The molecule has 1 aromatic carbocycles. The maximum absolute atomic E-state index is 11.7. The number of rotatable bonds is 11. The number of carbonyl (C=O) groups is 2. The lowest BCUT2D eigenvalue weighted by Gasteiger charge is -2.19. The minimum absolute atomic E-state index is 0.211. The van der Waals surface area contributed by atoms with Crippen molar-refractivity contribution in [2.24, 2.45) is 0 Å². The van der Waals surface area contributed by atoms with E-state index in [1.807, 2.05) is 51.1 Å². The van der Waals surface area contributed by atoms with Crippen LogP contribution < -0.4 is 16.0 Å². The van der Waals surface area contributed by atoms with Crippen LogP contribution in [0.1, 0.15) is 64.9 Å². The Kier molecular flexibility index (Phi) is 12.5. The number of thiocarbonyl (C=S) groups is 1. The quantitative estimate of drug-likeness (QED) is 0.345. The number of unbranched alkanes of at least 4 members (excludes halogenated alkanes) is 5. The van der Waals surface area contributed by atoms with Gasteiger partial charge in [-0.3, -0.25) is 5.32 Å². The average Bonchev–Trinajstić information content (AvgIpc) is 2.67. The van der Waals surface area contributed by atoms with Gasteiger partial charge in [-0.1, -0.05) is 56.0 Å². The van der Waals surface area contributed by atoms with Crippen LogP contribution in [-0.4, -0.2) is 36.0 Å². The number of hydrogen-bond acceptors (Lipinski definition) is 5. The summed E-state index contributed by atoms with van der Waals surface area (Å²) in [6.07, 6.45) is 5.37. The Labute approximate surface area is 185 Å². The summed E-state index contributed by atoms with van der Waals surface area (Å²) in [7, 11) is 0. The van der Waals surface area contributed by atoms with Crippen molar-refractivity contribution >= 4 is 29.5 Å². The SMILES string of the molecule is CC(C)(C)OC(=O)NCCCCCCCCNC(=S)NC(=O)OCc1ccccc1. The Balaban J connectivity index is 1.92. The van der Waals surface area contributed by atoms with Crippen molar-refractivity contribution in [2.45, 2.75) is 71.5 Å². The lowest BCUT2D eigenvalue weighted by Crippen LogP contribution is -2.39. The third-order valence-electron chi connectivity index (χ3n) is 3.99. The highest BCUT2D eigenvalue weighted by atomic mass is 32.1. The molecular weight excluding hydrogens is 402 g/mol. The molecule has 3 N–H and O–H groups in total. The summed E-state index contributed by atoms with van der Waals surface area (Å²) in [6, 6.07) is 9.48. The first kappa shape index (κ1) is 25.7. The molecule has 7 nitrogen and oxygen atoms in total. The molecular formula is C22H35N3O4S. The Morgan fingerprint density at radius 2 is 1.43 bits per heavy atom. The highest BCUT2D eigenvalue weighted by Crippen LogP contribution is 2.07. The summed E-state index contributed by atoms with van der Waals surface area (Å²) in [5.74, 6) is 0. The molecule has 168 valence electrons. The number of amides is 2. The van der Waals surface area contributed by atoms with Crippen molar-refractivity contribution in [2.75, 3.05) is 13.1 Å². The fourth-order valence-electron chi connectivity index (χ4n) is 2.56. The van der Waals surface area contributed by atoms with E-state index in [0.29, 0.717) is 13.1 Å². The molecule has 0 spiro atoms. The van der Waals surface area contributed by atoms with Crippen LogP contribution in [0.15, 0.2) is 30.3 Å². The van der Waals surface area contributed by atoms with Gasteiger partial charge < -0.3 is 20.1 Å². The van der Waals surface area contributed by atoms with Gasteiger partial charge in [0.05, 0.1) is 0 Å². The van der Waals surface area contributed by atoms with E-state index in [1.165, 1.54) is 0 Å². The van der Waals surface area contributed by atoms with E-state index in [9.17, 15) is 9.59 Å². The Bertz CT molecular complexity index is 648. The van der Waals surface area contributed by atoms with Gasteiger partial charge in [-0.25, -0.2) is 9.59 Å².